The first-order chi connectivity index (χ1) is 12.4. The normalized spacial score (nSPS) is 11.3. The van der Waals surface area contributed by atoms with Crippen LogP contribution in [0.2, 0.25) is 0 Å². The van der Waals surface area contributed by atoms with E-state index in [0.717, 1.165) is 28.7 Å². The maximum atomic E-state index is 11.8. The fraction of sp³-hybridized carbons (Fsp3) is 0.0588. The Kier molecular flexibility index (Phi) is 7.17. The molecule has 0 saturated carbocycles. The van der Waals surface area contributed by atoms with Gasteiger partial charge in [-0.1, -0.05) is 36.4 Å². The van der Waals surface area contributed by atoms with Gasteiger partial charge < -0.3 is 14.3 Å². The van der Waals surface area contributed by atoms with E-state index < -0.39 is 21.1 Å². The van der Waals surface area contributed by atoms with E-state index in [1.165, 1.54) is 6.07 Å². The Bertz CT molecular complexity index is 1070. The van der Waals surface area contributed by atoms with Gasteiger partial charge in [0.15, 0.2) is 10.1 Å². The Morgan fingerprint density at radius 1 is 1.11 bits per heavy atom. The van der Waals surface area contributed by atoms with Gasteiger partial charge in [-0.15, -0.1) is 0 Å². The summed E-state index contributed by atoms with van der Waals surface area (Å²) in [4.78, 5) is 11.8. The molecule has 0 bridgehead atoms. The van der Waals surface area contributed by atoms with Gasteiger partial charge in [-0.3, -0.25) is 4.79 Å². The molecule has 3 aromatic rings. The van der Waals surface area contributed by atoms with Crippen molar-refractivity contribution in [3.05, 3.63) is 60.4 Å². The van der Waals surface area contributed by atoms with Crippen LogP contribution in [0.3, 0.4) is 0 Å². The van der Waals surface area contributed by atoms with Crippen molar-refractivity contribution in [2.24, 2.45) is 5.10 Å². The topological polar surface area (TPSA) is 124 Å². The first-order valence-corrected chi connectivity index (χ1v) is 8.93. The third-order valence-electron chi connectivity index (χ3n) is 3.46. The van der Waals surface area contributed by atoms with E-state index >= 15 is 0 Å². The van der Waals surface area contributed by atoms with Crippen molar-refractivity contribution < 1.29 is 51.7 Å². The van der Waals surface area contributed by atoms with E-state index in [1.54, 1.807) is 0 Å². The summed E-state index contributed by atoms with van der Waals surface area (Å²) in [6, 6.07) is 15.8. The maximum Gasteiger partial charge on any atom is 1.00 e. The zero-order valence-electron chi connectivity index (χ0n) is 14.4. The molecule has 8 nitrogen and oxygen atoms in total. The molecular formula is C17H14N3NaO5S. The molecule has 0 radical (unpaired) electrons. The second kappa shape index (κ2) is 9.16. The van der Waals surface area contributed by atoms with Crippen LogP contribution >= 0.6 is 0 Å². The van der Waals surface area contributed by atoms with Gasteiger partial charge >= 0.3 is 29.6 Å². The number of carbonyl (C=O) groups is 1. The number of benzene rings is 2. The average Bonchev–Trinajstić information content (AvgIpc) is 3.09. The molecule has 3 rings (SSSR count). The van der Waals surface area contributed by atoms with Crippen molar-refractivity contribution in [2.45, 2.75) is 5.09 Å². The van der Waals surface area contributed by atoms with Crippen LogP contribution < -0.4 is 40.3 Å². The molecule has 134 valence electrons. The number of amides is 1. The second-order valence-corrected chi connectivity index (χ2v) is 6.59. The average molecular weight is 395 g/mol. The largest absolute Gasteiger partial charge is 1.00 e. The molecule has 0 saturated heterocycles. The van der Waals surface area contributed by atoms with Gasteiger partial charge in [-0.25, -0.2) is 13.8 Å². The van der Waals surface area contributed by atoms with Crippen LogP contribution in [0.25, 0.3) is 10.8 Å². The van der Waals surface area contributed by atoms with E-state index in [1.807, 2.05) is 42.5 Å². The minimum absolute atomic E-state index is 0. The van der Waals surface area contributed by atoms with Gasteiger partial charge in [-0.05, 0) is 23.6 Å². The third kappa shape index (κ3) is 5.65. The maximum absolute atomic E-state index is 11.8. The Balaban J connectivity index is 0.00000261. The number of hydrazone groups is 1. The molecular weight excluding hydrogens is 381 g/mol. The molecule has 27 heavy (non-hydrogen) atoms. The summed E-state index contributed by atoms with van der Waals surface area (Å²) < 4.78 is 37.1. The van der Waals surface area contributed by atoms with Crippen LogP contribution in [0.5, 0.6) is 0 Å². The molecule has 1 heterocycles. The molecule has 1 aromatic heterocycles. The monoisotopic (exact) mass is 395 g/mol. The number of fused-ring (bicyclic) bond motifs is 1. The van der Waals surface area contributed by atoms with E-state index in [9.17, 15) is 17.8 Å². The number of rotatable bonds is 6. The van der Waals surface area contributed by atoms with Gasteiger partial charge in [0, 0.05) is 11.1 Å². The molecule has 2 N–H and O–H groups in total. The van der Waals surface area contributed by atoms with Gasteiger partial charge in [0.25, 0.3) is 5.91 Å². The Morgan fingerprint density at radius 3 is 2.59 bits per heavy atom. The summed E-state index contributed by atoms with van der Waals surface area (Å²) >= 11 is 0. The van der Waals surface area contributed by atoms with Gasteiger partial charge in [0.2, 0.25) is 5.09 Å². The molecule has 0 aliphatic heterocycles. The smallest absolute Gasteiger partial charge is 0.742 e. The summed E-state index contributed by atoms with van der Waals surface area (Å²) in [6.07, 6.45) is 1.10. The van der Waals surface area contributed by atoms with Gasteiger partial charge in [0.05, 0.1) is 12.8 Å². The Morgan fingerprint density at radius 2 is 1.85 bits per heavy atom. The van der Waals surface area contributed by atoms with Gasteiger partial charge in [0.1, 0.15) is 5.76 Å². The molecule has 2 aromatic carbocycles. The standard InChI is InChI=1S/C17H15N3O5S.Na/c21-16(20-19-10-13-8-9-17(25-13)26(22,23)24)11-18-15-7-3-5-12-4-1-2-6-14(12)15;/h1-10,18H,11H2,(H,20,21)(H,22,23,24);/q;+1/p-1. The number of nitrogens with zero attached hydrogens (tertiary/aromatic N) is 1. The van der Waals surface area contributed by atoms with Crippen molar-refractivity contribution in [2.75, 3.05) is 11.9 Å². The molecule has 0 unspecified atom stereocenters. The molecule has 0 spiro atoms. The summed E-state index contributed by atoms with van der Waals surface area (Å²) in [5.41, 5.74) is 3.10. The number of nitrogens with one attached hydrogen (secondary N) is 2. The Hall–Kier alpha value is -2.17. The summed E-state index contributed by atoms with van der Waals surface area (Å²) in [6.45, 7) is -0.0102. The summed E-state index contributed by atoms with van der Waals surface area (Å²) in [5.74, 6) is -0.376. The quantitative estimate of drug-likeness (QED) is 0.236. The SMILES string of the molecule is O=C(CNc1cccc2ccccc12)NN=Cc1ccc(S(=O)(=O)[O-])o1.[Na+]. The summed E-state index contributed by atoms with van der Waals surface area (Å²) in [7, 11) is -4.66. The number of furan rings is 1. The van der Waals surface area contributed by atoms with Gasteiger partial charge in [-0.2, -0.15) is 5.10 Å². The predicted octanol–water partition coefficient (Wildman–Crippen LogP) is -1.10. The van der Waals surface area contributed by atoms with E-state index in [4.69, 9.17) is 4.42 Å². The van der Waals surface area contributed by atoms with E-state index in [2.05, 4.69) is 15.8 Å². The van der Waals surface area contributed by atoms with Crippen LogP contribution in [0.15, 0.2) is 69.2 Å². The van der Waals surface area contributed by atoms with Crippen LogP contribution in [-0.2, 0) is 14.9 Å². The minimum Gasteiger partial charge on any atom is -0.742 e. The van der Waals surface area contributed by atoms with E-state index in [-0.39, 0.29) is 41.9 Å². The molecule has 10 heteroatoms. The second-order valence-electron chi connectivity index (χ2n) is 5.28. The van der Waals surface area contributed by atoms with Crippen molar-refractivity contribution in [1.82, 2.24) is 5.43 Å². The van der Waals surface area contributed by atoms with Crippen molar-refractivity contribution in [3.8, 4) is 0 Å². The number of carbonyl (C=O) groups excluding carboxylic acids is 1. The summed E-state index contributed by atoms with van der Waals surface area (Å²) in [5, 5.41) is 8.03. The van der Waals surface area contributed by atoms with Crippen molar-refractivity contribution in [3.63, 3.8) is 0 Å². The molecule has 0 aliphatic carbocycles. The first kappa shape index (κ1) is 21.1. The van der Waals surface area contributed by atoms with Crippen LogP contribution in [-0.4, -0.2) is 31.6 Å². The molecule has 1 amide bonds. The van der Waals surface area contributed by atoms with Crippen LogP contribution in [0, 0.1) is 0 Å². The zero-order valence-corrected chi connectivity index (χ0v) is 17.2. The fourth-order valence-electron chi connectivity index (χ4n) is 2.30. The third-order valence-corrected chi connectivity index (χ3v) is 4.17. The molecule has 0 atom stereocenters. The number of hydrogen-bond donors (Lipinski definition) is 2. The van der Waals surface area contributed by atoms with Crippen molar-refractivity contribution in [1.29, 1.82) is 0 Å². The molecule has 0 aliphatic rings. The predicted molar refractivity (Wildman–Crippen MR) is 94.8 cm³/mol. The fourth-order valence-corrected chi connectivity index (χ4v) is 2.73. The number of anilines is 1. The first-order valence-electron chi connectivity index (χ1n) is 7.53. The van der Waals surface area contributed by atoms with Crippen molar-refractivity contribution >= 4 is 38.7 Å². The number of hydrogen-bond acceptors (Lipinski definition) is 7. The minimum atomic E-state index is -4.66. The van der Waals surface area contributed by atoms with E-state index in [0.29, 0.717) is 0 Å². The Labute approximate surface area is 177 Å². The van der Waals surface area contributed by atoms with Crippen LogP contribution in [0.4, 0.5) is 5.69 Å². The molecule has 0 fully saturated rings. The zero-order chi connectivity index (χ0) is 18.6. The van der Waals surface area contributed by atoms with Crippen LogP contribution in [0.1, 0.15) is 5.76 Å².